The van der Waals surface area contributed by atoms with Crippen LogP contribution in [0.4, 0.5) is 0 Å². The third-order valence-corrected chi connectivity index (χ3v) is 5.22. The number of benzene rings is 1. The number of carbonyl (C=O) groups excluding carboxylic acids is 1. The van der Waals surface area contributed by atoms with Crippen molar-refractivity contribution in [2.24, 2.45) is 5.92 Å². The fraction of sp³-hybridized carbons (Fsp3) is 0.500. The first-order valence-electron chi connectivity index (χ1n) is 7.30. The van der Waals surface area contributed by atoms with E-state index >= 15 is 0 Å². The average Bonchev–Trinajstić information content (AvgIpc) is 2.48. The van der Waals surface area contributed by atoms with E-state index in [1.54, 1.807) is 17.8 Å². The highest BCUT2D eigenvalue weighted by atomic mass is 35.5. The monoisotopic (exact) mass is 341 g/mol. The van der Waals surface area contributed by atoms with Gasteiger partial charge in [0.1, 0.15) is 5.54 Å². The maximum atomic E-state index is 12.4. The molecule has 1 aromatic carbocycles. The molecule has 1 aliphatic rings. The molecule has 1 saturated heterocycles. The highest BCUT2D eigenvalue weighted by Gasteiger charge is 2.41. The molecule has 4 nitrogen and oxygen atoms in total. The van der Waals surface area contributed by atoms with Crippen LogP contribution >= 0.6 is 23.4 Å². The van der Waals surface area contributed by atoms with Crippen molar-refractivity contribution in [3.8, 4) is 0 Å². The van der Waals surface area contributed by atoms with Gasteiger partial charge in [0.25, 0.3) is 0 Å². The van der Waals surface area contributed by atoms with Crippen molar-refractivity contribution in [3.63, 3.8) is 0 Å². The molecule has 0 radical (unpaired) electrons. The van der Waals surface area contributed by atoms with Gasteiger partial charge in [0, 0.05) is 10.9 Å². The number of carboxylic acid groups (broad SMARTS) is 1. The lowest BCUT2D eigenvalue weighted by Gasteiger charge is -2.34. The van der Waals surface area contributed by atoms with Gasteiger partial charge in [-0.2, -0.15) is 11.8 Å². The zero-order valence-corrected chi connectivity index (χ0v) is 14.0. The number of thioether (sulfide) groups is 1. The van der Waals surface area contributed by atoms with Crippen molar-refractivity contribution in [3.05, 3.63) is 34.9 Å². The first-order chi connectivity index (χ1) is 10.4. The number of hydrogen-bond donors (Lipinski definition) is 2. The van der Waals surface area contributed by atoms with E-state index in [2.05, 4.69) is 5.32 Å². The number of carboxylic acids is 1. The van der Waals surface area contributed by atoms with Gasteiger partial charge < -0.3 is 10.4 Å². The molecule has 1 unspecified atom stereocenters. The lowest BCUT2D eigenvalue weighted by Crippen LogP contribution is -2.57. The van der Waals surface area contributed by atoms with Crippen LogP contribution in [0, 0.1) is 5.92 Å². The second kappa shape index (κ2) is 7.38. The fourth-order valence-corrected chi connectivity index (χ4v) is 3.98. The first-order valence-corrected chi connectivity index (χ1v) is 8.84. The van der Waals surface area contributed by atoms with Gasteiger partial charge in [-0.1, -0.05) is 30.7 Å². The van der Waals surface area contributed by atoms with Crippen LogP contribution < -0.4 is 5.32 Å². The van der Waals surface area contributed by atoms with Crippen LogP contribution in [-0.2, 0) is 16.0 Å². The second-order valence-corrected chi connectivity index (χ2v) is 7.39. The summed E-state index contributed by atoms with van der Waals surface area (Å²) in [4.78, 5) is 24.0. The van der Waals surface area contributed by atoms with E-state index in [9.17, 15) is 14.7 Å². The van der Waals surface area contributed by atoms with Crippen molar-refractivity contribution in [2.45, 2.75) is 31.7 Å². The number of aliphatic carboxylic acids is 1. The van der Waals surface area contributed by atoms with Crippen molar-refractivity contribution in [2.75, 3.05) is 11.5 Å². The van der Waals surface area contributed by atoms with Crippen LogP contribution in [-0.4, -0.2) is 34.0 Å². The van der Waals surface area contributed by atoms with Crippen molar-refractivity contribution >= 4 is 35.2 Å². The van der Waals surface area contributed by atoms with Crippen LogP contribution in [0.2, 0.25) is 5.02 Å². The normalized spacial score (nSPS) is 18.5. The standard InChI is InChI=1S/C16H20ClNO3S/c1-11(9-12-3-2-4-13(17)10-12)14(19)18-16(15(20)21)5-7-22-8-6-16/h2-4,10-11H,5-9H2,1H3,(H,18,19)(H,20,21). The molecule has 0 aliphatic carbocycles. The van der Waals surface area contributed by atoms with Crippen LogP contribution in [0.15, 0.2) is 24.3 Å². The highest BCUT2D eigenvalue weighted by Crippen LogP contribution is 2.28. The maximum absolute atomic E-state index is 12.4. The number of rotatable bonds is 5. The van der Waals surface area contributed by atoms with Crippen molar-refractivity contribution in [1.82, 2.24) is 5.32 Å². The Morgan fingerprint density at radius 2 is 2.09 bits per heavy atom. The van der Waals surface area contributed by atoms with Gasteiger partial charge >= 0.3 is 5.97 Å². The molecule has 1 amide bonds. The van der Waals surface area contributed by atoms with Gasteiger partial charge in [-0.05, 0) is 48.5 Å². The molecule has 0 saturated carbocycles. The quantitative estimate of drug-likeness (QED) is 0.864. The Morgan fingerprint density at radius 3 is 2.68 bits per heavy atom. The zero-order valence-electron chi connectivity index (χ0n) is 12.5. The first kappa shape index (κ1) is 17.2. The van der Waals surface area contributed by atoms with Crippen LogP contribution in [0.3, 0.4) is 0 Å². The molecule has 0 spiro atoms. The summed E-state index contributed by atoms with van der Waals surface area (Å²) in [6, 6.07) is 7.38. The van der Waals surface area contributed by atoms with Gasteiger partial charge in [-0.15, -0.1) is 0 Å². The second-order valence-electron chi connectivity index (χ2n) is 5.72. The van der Waals surface area contributed by atoms with Crippen molar-refractivity contribution in [1.29, 1.82) is 0 Å². The molecule has 1 aliphatic heterocycles. The number of hydrogen-bond acceptors (Lipinski definition) is 3. The van der Waals surface area contributed by atoms with Gasteiger partial charge in [-0.3, -0.25) is 4.79 Å². The molecule has 1 atom stereocenters. The molecule has 2 N–H and O–H groups in total. The molecule has 0 aromatic heterocycles. The van der Waals surface area contributed by atoms with E-state index in [1.807, 2.05) is 25.1 Å². The summed E-state index contributed by atoms with van der Waals surface area (Å²) in [7, 11) is 0. The number of amides is 1. The summed E-state index contributed by atoms with van der Waals surface area (Å²) in [5.74, 6) is 0.0690. The lowest BCUT2D eigenvalue weighted by atomic mass is 9.90. The Kier molecular flexibility index (Phi) is 5.75. The number of carbonyl (C=O) groups is 2. The fourth-order valence-electron chi connectivity index (χ4n) is 2.58. The molecule has 22 heavy (non-hydrogen) atoms. The number of halogens is 1. The Balaban J connectivity index is 2.02. The van der Waals surface area contributed by atoms with E-state index in [0.717, 1.165) is 17.1 Å². The minimum absolute atomic E-state index is 0.214. The third kappa shape index (κ3) is 4.17. The minimum Gasteiger partial charge on any atom is -0.480 e. The molecule has 1 fully saturated rings. The van der Waals surface area contributed by atoms with E-state index in [1.165, 1.54) is 0 Å². The number of nitrogens with one attached hydrogen (secondary N) is 1. The maximum Gasteiger partial charge on any atom is 0.329 e. The van der Waals surface area contributed by atoms with E-state index in [0.29, 0.717) is 24.3 Å². The summed E-state index contributed by atoms with van der Waals surface area (Å²) >= 11 is 7.67. The summed E-state index contributed by atoms with van der Waals surface area (Å²) in [5, 5.41) is 12.9. The molecule has 1 heterocycles. The van der Waals surface area contributed by atoms with Crippen LogP contribution in [0.25, 0.3) is 0 Å². The van der Waals surface area contributed by atoms with Crippen LogP contribution in [0.5, 0.6) is 0 Å². The smallest absolute Gasteiger partial charge is 0.329 e. The van der Waals surface area contributed by atoms with Gasteiger partial charge in [0.05, 0.1) is 0 Å². The predicted octanol–water partition coefficient (Wildman–Crippen LogP) is 2.99. The predicted molar refractivity (Wildman–Crippen MR) is 89.4 cm³/mol. The van der Waals surface area contributed by atoms with Crippen molar-refractivity contribution < 1.29 is 14.7 Å². The Morgan fingerprint density at radius 1 is 1.41 bits per heavy atom. The summed E-state index contributed by atoms with van der Waals surface area (Å²) in [5.41, 5.74) is -0.135. The Hall–Kier alpha value is -1.20. The largest absolute Gasteiger partial charge is 0.480 e. The van der Waals surface area contributed by atoms with Gasteiger partial charge in [0.15, 0.2) is 0 Å². The van der Waals surface area contributed by atoms with E-state index < -0.39 is 11.5 Å². The Labute approximate surface area is 139 Å². The molecule has 0 bridgehead atoms. The Bertz CT molecular complexity index is 558. The topological polar surface area (TPSA) is 66.4 Å². The zero-order chi connectivity index (χ0) is 16.2. The third-order valence-electron chi connectivity index (χ3n) is 4.00. The van der Waals surface area contributed by atoms with E-state index in [-0.39, 0.29) is 11.8 Å². The summed E-state index contributed by atoms with van der Waals surface area (Å²) < 4.78 is 0. The lowest BCUT2D eigenvalue weighted by molar-refractivity contribution is -0.148. The molecule has 1 aromatic rings. The average molecular weight is 342 g/mol. The minimum atomic E-state index is -1.11. The summed E-state index contributed by atoms with van der Waals surface area (Å²) in [6.45, 7) is 1.81. The molecule has 6 heteroatoms. The molecular formula is C16H20ClNO3S. The molecular weight excluding hydrogens is 322 g/mol. The molecule has 120 valence electrons. The van der Waals surface area contributed by atoms with Crippen LogP contribution in [0.1, 0.15) is 25.3 Å². The SMILES string of the molecule is CC(Cc1cccc(Cl)c1)C(=O)NC1(C(=O)O)CCSCC1. The van der Waals surface area contributed by atoms with Gasteiger partial charge in [-0.25, -0.2) is 4.79 Å². The van der Waals surface area contributed by atoms with E-state index in [4.69, 9.17) is 11.6 Å². The molecule has 2 rings (SSSR count). The highest BCUT2D eigenvalue weighted by molar-refractivity contribution is 7.99. The summed E-state index contributed by atoms with van der Waals surface area (Å²) in [6.07, 6.45) is 1.49. The van der Waals surface area contributed by atoms with Gasteiger partial charge in [0.2, 0.25) is 5.91 Å².